The number of ether oxygens (including phenoxy) is 1. The molecule has 2 saturated heterocycles. The van der Waals surface area contributed by atoms with Gasteiger partial charge < -0.3 is 35.6 Å². The van der Waals surface area contributed by atoms with E-state index in [0.29, 0.717) is 51.1 Å². The first kappa shape index (κ1) is 35.6. The summed E-state index contributed by atoms with van der Waals surface area (Å²) in [5.74, 6) is -1.77. The standard InChI is InChI=1S/C39H45N5O7/c1-26-35(46)42-31(37(48)43-21-18-39(50,19-22-43)29-11-6-3-7-12-29)24-28-14-16-30(17-15-28)51-25-34(45)41-32(23-27-9-4-2-5-10-27)38(49)44-20-8-13-33(44)36(47)40-26/h2-7,9-12,14-17,26,31-33,50H,8,13,18-25H2,1H3,(H,40,47)(H,41,45)(H,42,46)/t26-,31-,32+,33+/m0/s1. The summed E-state index contributed by atoms with van der Waals surface area (Å²) >= 11 is 0. The van der Waals surface area contributed by atoms with Gasteiger partial charge in [-0.25, -0.2) is 0 Å². The van der Waals surface area contributed by atoms with Crippen LogP contribution >= 0.6 is 0 Å². The van der Waals surface area contributed by atoms with Crippen molar-refractivity contribution < 1.29 is 33.8 Å². The molecular weight excluding hydrogens is 650 g/mol. The average molecular weight is 696 g/mol. The van der Waals surface area contributed by atoms with Crippen molar-refractivity contribution in [2.45, 2.75) is 75.2 Å². The van der Waals surface area contributed by atoms with Gasteiger partial charge in [0.15, 0.2) is 6.61 Å². The third kappa shape index (κ3) is 8.57. The second-order valence-electron chi connectivity index (χ2n) is 13.7. The van der Waals surface area contributed by atoms with Crippen LogP contribution in [0.1, 0.15) is 49.3 Å². The van der Waals surface area contributed by atoms with Crippen LogP contribution in [0.5, 0.6) is 5.75 Å². The second-order valence-corrected chi connectivity index (χ2v) is 13.7. The molecule has 3 aromatic rings. The number of fused-ring (bicyclic) bond motifs is 13. The van der Waals surface area contributed by atoms with E-state index in [-0.39, 0.29) is 25.4 Å². The maximum absolute atomic E-state index is 14.0. The largest absolute Gasteiger partial charge is 0.484 e. The Hall–Kier alpha value is -5.23. The molecule has 7 rings (SSSR count). The molecule has 12 nitrogen and oxygen atoms in total. The Morgan fingerprint density at radius 2 is 1.51 bits per heavy atom. The van der Waals surface area contributed by atoms with Gasteiger partial charge in [-0.1, -0.05) is 72.8 Å². The molecule has 2 bridgehead atoms. The molecule has 4 aliphatic heterocycles. The lowest BCUT2D eigenvalue weighted by molar-refractivity contribution is -0.143. The van der Waals surface area contributed by atoms with E-state index in [4.69, 9.17) is 4.74 Å². The highest BCUT2D eigenvalue weighted by Gasteiger charge is 2.40. The number of amides is 5. The fraction of sp³-hybridized carbons (Fsp3) is 0.410. The van der Waals surface area contributed by atoms with Crippen LogP contribution < -0.4 is 20.7 Å². The summed E-state index contributed by atoms with van der Waals surface area (Å²) in [6, 6.07) is 21.9. The minimum atomic E-state index is -1.05. The van der Waals surface area contributed by atoms with Crippen LogP contribution in [0.25, 0.3) is 0 Å². The van der Waals surface area contributed by atoms with Crippen LogP contribution in [0, 0.1) is 0 Å². The Kier molecular flexibility index (Phi) is 11.0. The quantitative estimate of drug-likeness (QED) is 0.325. The van der Waals surface area contributed by atoms with Crippen molar-refractivity contribution in [2.24, 2.45) is 0 Å². The zero-order valence-electron chi connectivity index (χ0n) is 28.8. The monoisotopic (exact) mass is 695 g/mol. The molecule has 0 spiro atoms. The SMILES string of the molecule is C[C@@H]1NC(=O)[C@H]2CCCN2C(=O)[C@@H](Cc2ccccc2)NC(=O)COc2ccc(cc2)C[C@@H](C(=O)N2CCC(O)(c3ccccc3)CC2)NC1=O. The second kappa shape index (κ2) is 15.8. The van der Waals surface area contributed by atoms with E-state index in [1.165, 1.54) is 4.90 Å². The maximum Gasteiger partial charge on any atom is 0.258 e. The third-order valence-electron chi connectivity index (χ3n) is 10.1. The predicted molar refractivity (Wildman–Crippen MR) is 188 cm³/mol. The summed E-state index contributed by atoms with van der Waals surface area (Å²) in [5.41, 5.74) is 1.34. The molecule has 0 unspecified atom stereocenters. The summed E-state index contributed by atoms with van der Waals surface area (Å²) in [6.45, 7) is 2.14. The Morgan fingerprint density at radius 1 is 0.843 bits per heavy atom. The van der Waals surface area contributed by atoms with Gasteiger partial charge in [0.05, 0.1) is 5.60 Å². The first-order valence-electron chi connectivity index (χ1n) is 17.6. The first-order valence-corrected chi connectivity index (χ1v) is 17.6. The smallest absolute Gasteiger partial charge is 0.258 e. The molecule has 3 aromatic carbocycles. The van der Waals surface area contributed by atoms with Crippen molar-refractivity contribution >= 4 is 29.5 Å². The number of piperidine rings is 1. The fourth-order valence-corrected chi connectivity index (χ4v) is 7.12. The summed E-state index contributed by atoms with van der Waals surface area (Å²) in [7, 11) is 0. The van der Waals surface area contributed by atoms with Crippen LogP contribution in [0.15, 0.2) is 84.9 Å². The Labute approximate surface area is 297 Å². The van der Waals surface area contributed by atoms with Crippen molar-refractivity contribution in [2.75, 3.05) is 26.2 Å². The van der Waals surface area contributed by atoms with Gasteiger partial charge in [-0.2, -0.15) is 0 Å². The number of rotatable bonds is 4. The van der Waals surface area contributed by atoms with E-state index in [2.05, 4.69) is 16.0 Å². The number of aliphatic hydroxyl groups is 1. The molecule has 12 heteroatoms. The molecular formula is C39H45N5O7. The van der Waals surface area contributed by atoms with Gasteiger partial charge in [-0.15, -0.1) is 0 Å². The maximum atomic E-state index is 14.0. The van der Waals surface area contributed by atoms with E-state index in [0.717, 1.165) is 16.7 Å². The molecule has 4 heterocycles. The minimum absolute atomic E-state index is 0.164. The fourth-order valence-electron chi connectivity index (χ4n) is 7.12. The molecule has 268 valence electrons. The highest BCUT2D eigenvalue weighted by atomic mass is 16.5. The molecule has 2 fully saturated rings. The molecule has 0 saturated carbocycles. The summed E-state index contributed by atoms with van der Waals surface area (Å²) in [6.07, 6.45) is 2.07. The molecule has 0 aliphatic carbocycles. The lowest BCUT2D eigenvalue weighted by Crippen LogP contribution is -2.58. The Balaban J connectivity index is 1.21. The third-order valence-corrected chi connectivity index (χ3v) is 10.1. The van der Waals surface area contributed by atoms with Crippen LogP contribution in [0.3, 0.4) is 0 Å². The van der Waals surface area contributed by atoms with Gasteiger partial charge in [0.1, 0.15) is 29.9 Å². The van der Waals surface area contributed by atoms with Crippen LogP contribution in [-0.4, -0.2) is 94.9 Å². The van der Waals surface area contributed by atoms with Crippen LogP contribution in [0.4, 0.5) is 0 Å². The van der Waals surface area contributed by atoms with Crippen molar-refractivity contribution in [3.8, 4) is 5.75 Å². The van der Waals surface area contributed by atoms with Crippen molar-refractivity contribution in [1.82, 2.24) is 25.8 Å². The molecule has 0 radical (unpaired) electrons. The highest BCUT2D eigenvalue weighted by molar-refractivity contribution is 5.96. The zero-order chi connectivity index (χ0) is 36.0. The highest BCUT2D eigenvalue weighted by Crippen LogP contribution is 2.33. The van der Waals surface area contributed by atoms with E-state index in [9.17, 15) is 29.1 Å². The number of carbonyl (C=O) groups is 5. The van der Waals surface area contributed by atoms with E-state index >= 15 is 0 Å². The summed E-state index contributed by atoms with van der Waals surface area (Å²) in [4.78, 5) is 71.4. The first-order chi connectivity index (χ1) is 24.6. The number of likely N-dealkylation sites (tertiary alicyclic amines) is 1. The molecule has 4 aliphatic rings. The Bertz CT molecular complexity index is 1710. The van der Waals surface area contributed by atoms with Gasteiger partial charge in [0.25, 0.3) is 5.91 Å². The van der Waals surface area contributed by atoms with Crippen LogP contribution in [0.2, 0.25) is 0 Å². The number of hydrogen-bond donors (Lipinski definition) is 4. The van der Waals surface area contributed by atoms with E-state index < -0.39 is 53.4 Å². The lowest BCUT2D eigenvalue weighted by Gasteiger charge is -2.40. The average Bonchev–Trinajstić information content (AvgIpc) is 3.65. The summed E-state index contributed by atoms with van der Waals surface area (Å²) < 4.78 is 5.76. The minimum Gasteiger partial charge on any atom is -0.484 e. The van der Waals surface area contributed by atoms with E-state index in [1.807, 2.05) is 60.7 Å². The molecule has 5 amide bonds. The molecule has 51 heavy (non-hydrogen) atoms. The predicted octanol–water partition coefficient (Wildman–Crippen LogP) is 1.84. The molecule has 4 N–H and O–H groups in total. The molecule has 4 atom stereocenters. The summed E-state index contributed by atoms with van der Waals surface area (Å²) in [5, 5.41) is 19.8. The number of benzene rings is 3. The normalized spacial score (nSPS) is 24.6. The van der Waals surface area contributed by atoms with Gasteiger partial charge in [-0.3, -0.25) is 24.0 Å². The van der Waals surface area contributed by atoms with Gasteiger partial charge in [0.2, 0.25) is 23.6 Å². The van der Waals surface area contributed by atoms with Crippen molar-refractivity contribution in [1.29, 1.82) is 0 Å². The number of hydrogen-bond acceptors (Lipinski definition) is 7. The Morgan fingerprint density at radius 3 is 2.20 bits per heavy atom. The van der Waals surface area contributed by atoms with Gasteiger partial charge in [-0.05, 0) is 61.4 Å². The lowest BCUT2D eigenvalue weighted by atomic mass is 9.84. The number of nitrogens with zero attached hydrogens (tertiary/aromatic N) is 2. The van der Waals surface area contributed by atoms with Gasteiger partial charge in [0, 0.05) is 32.5 Å². The molecule has 0 aromatic heterocycles. The number of nitrogens with one attached hydrogen (secondary N) is 3. The topological polar surface area (TPSA) is 157 Å². The van der Waals surface area contributed by atoms with Gasteiger partial charge >= 0.3 is 0 Å². The zero-order valence-corrected chi connectivity index (χ0v) is 28.8. The van der Waals surface area contributed by atoms with Crippen molar-refractivity contribution in [3.05, 3.63) is 102 Å². The van der Waals surface area contributed by atoms with Crippen molar-refractivity contribution in [3.63, 3.8) is 0 Å². The number of carbonyl (C=O) groups excluding carboxylic acids is 5. The van der Waals surface area contributed by atoms with Crippen LogP contribution in [-0.2, 0) is 42.4 Å². The van der Waals surface area contributed by atoms with E-state index in [1.54, 1.807) is 36.1 Å².